The van der Waals surface area contributed by atoms with Crippen LogP contribution in [0.3, 0.4) is 0 Å². The van der Waals surface area contributed by atoms with Crippen LogP contribution in [0.2, 0.25) is 0 Å². The average Bonchev–Trinajstić information content (AvgIpc) is 2.18. The molecule has 5 heteroatoms. The van der Waals surface area contributed by atoms with Gasteiger partial charge in [-0.2, -0.15) is 0 Å². The first kappa shape index (κ1) is 11.4. The fourth-order valence-corrected chi connectivity index (χ4v) is 1.13. The third-order valence-corrected chi connectivity index (χ3v) is 1.85. The van der Waals surface area contributed by atoms with Gasteiger partial charge in [-0.15, -0.1) is 0 Å². The molecule has 82 valence electrons. The van der Waals surface area contributed by atoms with Gasteiger partial charge in [-0.3, -0.25) is 4.79 Å². The van der Waals surface area contributed by atoms with Gasteiger partial charge in [0.1, 0.15) is 18.7 Å². The largest absolute Gasteiger partial charge is 0.465 e. The predicted octanol–water partition coefficient (Wildman–Crippen LogP) is 0.784. The summed E-state index contributed by atoms with van der Waals surface area (Å²) >= 11 is 0. The SMILES string of the molecule is CCOC(=O)CN(C)c1cc(C)ncn1. The number of carbonyl (C=O) groups excluding carboxylic acids is 1. The van der Waals surface area contributed by atoms with E-state index in [9.17, 15) is 4.79 Å². The number of likely N-dealkylation sites (N-methyl/N-ethyl adjacent to an activating group) is 1. The molecule has 0 aliphatic carbocycles. The van der Waals surface area contributed by atoms with E-state index in [1.54, 1.807) is 18.9 Å². The van der Waals surface area contributed by atoms with Crippen molar-refractivity contribution < 1.29 is 9.53 Å². The monoisotopic (exact) mass is 209 g/mol. The van der Waals surface area contributed by atoms with Gasteiger partial charge in [-0.1, -0.05) is 0 Å². The summed E-state index contributed by atoms with van der Waals surface area (Å²) in [6, 6.07) is 1.82. The standard InChI is InChI=1S/C10H15N3O2/c1-4-15-10(14)6-13(3)9-5-8(2)11-7-12-9/h5,7H,4,6H2,1-3H3. The molecule has 15 heavy (non-hydrogen) atoms. The fourth-order valence-electron chi connectivity index (χ4n) is 1.13. The Morgan fingerprint density at radius 3 is 2.87 bits per heavy atom. The van der Waals surface area contributed by atoms with Gasteiger partial charge in [-0.25, -0.2) is 9.97 Å². The van der Waals surface area contributed by atoms with Crippen LogP contribution in [0.1, 0.15) is 12.6 Å². The molecule has 0 bridgehead atoms. The highest BCUT2D eigenvalue weighted by molar-refractivity contribution is 5.75. The Labute approximate surface area is 89.1 Å². The van der Waals surface area contributed by atoms with Gasteiger partial charge in [0, 0.05) is 18.8 Å². The predicted molar refractivity (Wildman–Crippen MR) is 56.7 cm³/mol. The van der Waals surface area contributed by atoms with E-state index >= 15 is 0 Å². The second kappa shape index (κ2) is 5.29. The third-order valence-electron chi connectivity index (χ3n) is 1.85. The molecule has 0 amide bonds. The van der Waals surface area contributed by atoms with E-state index in [2.05, 4.69) is 9.97 Å². The topological polar surface area (TPSA) is 55.3 Å². The maximum Gasteiger partial charge on any atom is 0.325 e. The van der Waals surface area contributed by atoms with E-state index in [1.165, 1.54) is 6.33 Å². The zero-order chi connectivity index (χ0) is 11.3. The highest BCUT2D eigenvalue weighted by atomic mass is 16.5. The molecule has 0 spiro atoms. The van der Waals surface area contributed by atoms with Crippen molar-refractivity contribution in [3.05, 3.63) is 18.1 Å². The molecule has 5 nitrogen and oxygen atoms in total. The molecule has 0 N–H and O–H groups in total. The molecule has 0 unspecified atom stereocenters. The lowest BCUT2D eigenvalue weighted by atomic mass is 10.4. The number of rotatable bonds is 4. The Morgan fingerprint density at radius 2 is 2.27 bits per heavy atom. The molecule has 1 aromatic rings. The van der Waals surface area contributed by atoms with Crippen LogP contribution in [0, 0.1) is 6.92 Å². The number of anilines is 1. The van der Waals surface area contributed by atoms with Gasteiger partial charge < -0.3 is 9.64 Å². The molecule has 0 fully saturated rings. The van der Waals surface area contributed by atoms with Crippen LogP contribution >= 0.6 is 0 Å². The van der Waals surface area contributed by atoms with Crippen LogP contribution in [0.5, 0.6) is 0 Å². The van der Waals surface area contributed by atoms with Crippen molar-refractivity contribution in [3.8, 4) is 0 Å². The second-order valence-corrected chi connectivity index (χ2v) is 3.18. The maximum absolute atomic E-state index is 11.2. The number of esters is 1. The number of aromatic nitrogens is 2. The van der Waals surface area contributed by atoms with Crippen LogP contribution in [-0.2, 0) is 9.53 Å². The van der Waals surface area contributed by atoms with Gasteiger partial charge in [0.2, 0.25) is 0 Å². The quantitative estimate of drug-likeness (QED) is 0.686. The molecular formula is C10H15N3O2. The molecule has 0 saturated heterocycles. The van der Waals surface area contributed by atoms with Crippen LogP contribution in [0.4, 0.5) is 5.82 Å². The molecule has 0 saturated carbocycles. The molecule has 0 radical (unpaired) electrons. The fraction of sp³-hybridized carbons (Fsp3) is 0.500. The van der Waals surface area contributed by atoms with Gasteiger partial charge in [0.05, 0.1) is 6.61 Å². The Kier molecular flexibility index (Phi) is 4.03. The summed E-state index contributed by atoms with van der Waals surface area (Å²) in [7, 11) is 1.79. The van der Waals surface area contributed by atoms with Gasteiger partial charge in [0.15, 0.2) is 0 Å². The summed E-state index contributed by atoms with van der Waals surface area (Å²) in [6.07, 6.45) is 1.48. The summed E-state index contributed by atoms with van der Waals surface area (Å²) in [5, 5.41) is 0. The normalized spacial score (nSPS) is 9.80. The van der Waals surface area contributed by atoms with Crippen molar-refractivity contribution >= 4 is 11.8 Å². The van der Waals surface area contributed by atoms with E-state index in [0.29, 0.717) is 6.61 Å². The van der Waals surface area contributed by atoms with E-state index in [0.717, 1.165) is 11.5 Å². The van der Waals surface area contributed by atoms with E-state index in [-0.39, 0.29) is 12.5 Å². The number of ether oxygens (including phenoxy) is 1. The molecule has 0 aliphatic heterocycles. The van der Waals surface area contributed by atoms with Crippen molar-refractivity contribution in [2.24, 2.45) is 0 Å². The Morgan fingerprint density at radius 1 is 1.53 bits per heavy atom. The van der Waals surface area contributed by atoms with Crippen molar-refractivity contribution in [1.29, 1.82) is 0 Å². The lowest BCUT2D eigenvalue weighted by Gasteiger charge is -2.16. The Balaban J connectivity index is 2.60. The number of hydrogen-bond acceptors (Lipinski definition) is 5. The summed E-state index contributed by atoms with van der Waals surface area (Å²) in [4.78, 5) is 21.0. The summed E-state index contributed by atoms with van der Waals surface area (Å²) in [5.41, 5.74) is 0.871. The summed E-state index contributed by atoms with van der Waals surface area (Å²) in [6.45, 7) is 4.26. The number of nitrogens with zero attached hydrogens (tertiary/aromatic N) is 3. The minimum absolute atomic E-state index is 0.199. The minimum Gasteiger partial charge on any atom is -0.465 e. The van der Waals surface area contributed by atoms with Crippen molar-refractivity contribution in [1.82, 2.24) is 9.97 Å². The van der Waals surface area contributed by atoms with Crippen molar-refractivity contribution in [3.63, 3.8) is 0 Å². The van der Waals surface area contributed by atoms with E-state index in [1.807, 2.05) is 13.0 Å². The first-order chi connectivity index (χ1) is 7.13. The lowest BCUT2D eigenvalue weighted by Crippen LogP contribution is -2.27. The zero-order valence-electron chi connectivity index (χ0n) is 9.23. The highest BCUT2D eigenvalue weighted by Crippen LogP contribution is 2.07. The van der Waals surface area contributed by atoms with Crippen LogP contribution in [0.25, 0.3) is 0 Å². The van der Waals surface area contributed by atoms with Gasteiger partial charge in [0.25, 0.3) is 0 Å². The molecular weight excluding hydrogens is 194 g/mol. The third kappa shape index (κ3) is 3.53. The van der Waals surface area contributed by atoms with Gasteiger partial charge in [-0.05, 0) is 13.8 Å². The Hall–Kier alpha value is -1.65. The molecule has 1 heterocycles. The smallest absolute Gasteiger partial charge is 0.325 e. The number of hydrogen-bond donors (Lipinski definition) is 0. The van der Waals surface area contributed by atoms with E-state index in [4.69, 9.17) is 4.74 Å². The Bertz CT molecular complexity index is 341. The number of aryl methyl sites for hydroxylation is 1. The second-order valence-electron chi connectivity index (χ2n) is 3.18. The van der Waals surface area contributed by atoms with Crippen LogP contribution < -0.4 is 4.90 Å². The first-order valence-electron chi connectivity index (χ1n) is 4.79. The average molecular weight is 209 g/mol. The lowest BCUT2D eigenvalue weighted by molar-refractivity contribution is -0.141. The zero-order valence-corrected chi connectivity index (χ0v) is 9.23. The van der Waals surface area contributed by atoms with Crippen LogP contribution in [-0.4, -0.2) is 36.1 Å². The van der Waals surface area contributed by atoms with Crippen molar-refractivity contribution in [2.45, 2.75) is 13.8 Å². The molecule has 0 aromatic carbocycles. The highest BCUT2D eigenvalue weighted by Gasteiger charge is 2.08. The summed E-state index contributed by atoms with van der Waals surface area (Å²) < 4.78 is 4.84. The molecule has 1 aromatic heterocycles. The molecule has 1 rings (SSSR count). The van der Waals surface area contributed by atoms with Gasteiger partial charge >= 0.3 is 5.97 Å². The van der Waals surface area contributed by atoms with E-state index < -0.39 is 0 Å². The van der Waals surface area contributed by atoms with Crippen molar-refractivity contribution in [2.75, 3.05) is 25.1 Å². The minimum atomic E-state index is -0.253. The molecule has 0 atom stereocenters. The molecule has 0 aliphatic rings. The summed E-state index contributed by atoms with van der Waals surface area (Å²) in [5.74, 6) is 0.465. The first-order valence-corrected chi connectivity index (χ1v) is 4.79. The van der Waals surface area contributed by atoms with Crippen LogP contribution in [0.15, 0.2) is 12.4 Å². The number of carbonyl (C=O) groups is 1. The maximum atomic E-state index is 11.2.